The van der Waals surface area contributed by atoms with Crippen molar-refractivity contribution in [2.24, 2.45) is 0 Å². The zero-order chi connectivity index (χ0) is 14.0. The lowest BCUT2D eigenvalue weighted by atomic mass is 10.1. The first-order chi connectivity index (χ1) is 8.99. The molecule has 98 valence electrons. The van der Waals surface area contributed by atoms with Crippen molar-refractivity contribution in [3.05, 3.63) is 51.2 Å². The van der Waals surface area contributed by atoms with Crippen LogP contribution in [0.4, 0.5) is 5.69 Å². The van der Waals surface area contributed by atoms with E-state index in [0.29, 0.717) is 11.3 Å². The first-order valence-electron chi connectivity index (χ1n) is 5.67. The highest BCUT2D eigenvalue weighted by molar-refractivity contribution is 7.08. The Hall–Kier alpha value is -2.14. The lowest BCUT2D eigenvalue weighted by Crippen LogP contribution is -2.13. The molecule has 0 aliphatic carbocycles. The molecule has 1 heterocycles. The van der Waals surface area contributed by atoms with Crippen molar-refractivity contribution < 1.29 is 14.7 Å². The van der Waals surface area contributed by atoms with Crippen LogP contribution in [-0.4, -0.2) is 17.0 Å². The average molecular weight is 275 g/mol. The third-order valence-corrected chi connectivity index (χ3v) is 3.65. The van der Waals surface area contributed by atoms with Crippen LogP contribution in [0.1, 0.15) is 31.8 Å². The maximum atomic E-state index is 12.1. The van der Waals surface area contributed by atoms with E-state index < -0.39 is 5.97 Å². The van der Waals surface area contributed by atoms with E-state index in [1.807, 2.05) is 19.9 Å². The van der Waals surface area contributed by atoms with Crippen molar-refractivity contribution >= 4 is 28.9 Å². The number of nitrogens with one attached hydrogen (secondary N) is 1. The molecule has 0 atom stereocenters. The molecule has 0 unspecified atom stereocenters. The lowest BCUT2D eigenvalue weighted by Gasteiger charge is -2.06. The molecule has 2 aromatic rings. The molecule has 2 N–H and O–H groups in total. The quantitative estimate of drug-likeness (QED) is 0.903. The summed E-state index contributed by atoms with van der Waals surface area (Å²) in [6, 6.07) is 5.39. The third-order valence-electron chi connectivity index (χ3n) is 2.91. The maximum Gasteiger partial charge on any atom is 0.338 e. The number of hydrogen-bond donors (Lipinski definition) is 2. The number of aryl methyl sites for hydroxylation is 2. The van der Waals surface area contributed by atoms with Crippen molar-refractivity contribution in [1.82, 2.24) is 0 Å². The van der Waals surface area contributed by atoms with Gasteiger partial charge in [0, 0.05) is 16.3 Å². The normalized spacial score (nSPS) is 10.2. The number of carboxylic acid groups (broad SMARTS) is 1. The van der Waals surface area contributed by atoms with E-state index in [0.717, 1.165) is 11.1 Å². The first kappa shape index (κ1) is 13.3. The number of carbonyl (C=O) groups excluding carboxylic acids is 1. The number of carbonyl (C=O) groups is 2. The molecule has 1 aromatic heterocycles. The van der Waals surface area contributed by atoms with E-state index in [1.54, 1.807) is 17.5 Å². The van der Waals surface area contributed by atoms with E-state index >= 15 is 0 Å². The van der Waals surface area contributed by atoms with E-state index in [4.69, 9.17) is 5.11 Å². The van der Waals surface area contributed by atoms with Gasteiger partial charge in [0.1, 0.15) is 0 Å². The molecule has 2 rings (SSSR count). The summed E-state index contributed by atoms with van der Waals surface area (Å²) in [4.78, 5) is 23.0. The Bertz CT molecular complexity index is 646. The minimum Gasteiger partial charge on any atom is -0.478 e. The molecule has 0 fully saturated rings. The van der Waals surface area contributed by atoms with Gasteiger partial charge in [0.2, 0.25) is 0 Å². The van der Waals surface area contributed by atoms with Gasteiger partial charge in [0.25, 0.3) is 5.91 Å². The van der Waals surface area contributed by atoms with Crippen molar-refractivity contribution in [3.8, 4) is 0 Å². The Morgan fingerprint density at radius 1 is 1.16 bits per heavy atom. The zero-order valence-electron chi connectivity index (χ0n) is 10.6. The summed E-state index contributed by atoms with van der Waals surface area (Å²) in [6.45, 7) is 3.90. The second-order valence-corrected chi connectivity index (χ2v) is 5.00. The highest BCUT2D eigenvalue weighted by atomic mass is 32.1. The fourth-order valence-electron chi connectivity index (χ4n) is 1.64. The van der Waals surface area contributed by atoms with Gasteiger partial charge in [-0.1, -0.05) is 6.07 Å². The van der Waals surface area contributed by atoms with Crippen LogP contribution in [0.5, 0.6) is 0 Å². The molecule has 0 spiro atoms. The topological polar surface area (TPSA) is 66.4 Å². The first-order valence-corrected chi connectivity index (χ1v) is 6.61. The second kappa shape index (κ2) is 5.24. The Kier molecular flexibility index (Phi) is 3.66. The SMILES string of the molecule is Cc1ccc(C(=O)Nc2cscc2C(=O)O)cc1C. The van der Waals surface area contributed by atoms with Gasteiger partial charge in [-0.2, -0.15) is 0 Å². The van der Waals surface area contributed by atoms with Gasteiger partial charge in [0.15, 0.2) is 0 Å². The van der Waals surface area contributed by atoms with Crippen LogP contribution >= 0.6 is 11.3 Å². The molecule has 5 heteroatoms. The van der Waals surface area contributed by atoms with Gasteiger partial charge in [-0.05, 0) is 37.1 Å². The molecule has 0 saturated heterocycles. The standard InChI is InChI=1S/C14H13NO3S/c1-8-3-4-10(5-9(8)2)13(16)15-12-7-19-6-11(12)14(17)18/h3-7H,1-2H3,(H,15,16)(H,17,18). The van der Waals surface area contributed by atoms with E-state index in [2.05, 4.69) is 5.32 Å². The second-order valence-electron chi connectivity index (χ2n) is 4.26. The van der Waals surface area contributed by atoms with Gasteiger partial charge >= 0.3 is 5.97 Å². The summed E-state index contributed by atoms with van der Waals surface area (Å²) in [5.41, 5.74) is 3.10. The molecule has 0 saturated carbocycles. The van der Waals surface area contributed by atoms with Gasteiger partial charge in [-0.25, -0.2) is 4.79 Å². The summed E-state index contributed by atoms with van der Waals surface area (Å²) < 4.78 is 0. The van der Waals surface area contributed by atoms with Gasteiger partial charge in [0.05, 0.1) is 11.3 Å². The Morgan fingerprint density at radius 3 is 2.53 bits per heavy atom. The number of anilines is 1. The maximum absolute atomic E-state index is 12.1. The predicted molar refractivity (Wildman–Crippen MR) is 75.1 cm³/mol. The van der Waals surface area contributed by atoms with Gasteiger partial charge < -0.3 is 10.4 Å². The highest BCUT2D eigenvalue weighted by Crippen LogP contribution is 2.22. The van der Waals surface area contributed by atoms with Crippen LogP contribution in [-0.2, 0) is 0 Å². The largest absolute Gasteiger partial charge is 0.478 e. The highest BCUT2D eigenvalue weighted by Gasteiger charge is 2.14. The number of rotatable bonds is 3. The Balaban J connectivity index is 2.23. The fraction of sp³-hybridized carbons (Fsp3) is 0.143. The fourth-order valence-corrected chi connectivity index (χ4v) is 2.39. The lowest BCUT2D eigenvalue weighted by molar-refractivity contribution is 0.0698. The predicted octanol–water partition coefficient (Wildman–Crippen LogP) is 3.32. The molecule has 0 bridgehead atoms. The van der Waals surface area contributed by atoms with Crippen LogP contribution in [0.2, 0.25) is 0 Å². The molecule has 0 radical (unpaired) electrons. The van der Waals surface area contributed by atoms with Crippen molar-refractivity contribution in [2.75, 3.05) is 5.32 Å². The van der Waals surface area contributed by atoms with Crippen LogP contribution in [0.25, 0.3) is 0 Å². The Labute approximate surface area is 114 Å². The van der Waals surface area contributed by atoms with E-state index in [-0.39, 0.29) is 11.5 Å². The van der Waals surface area contributed by atoms with Crippen LogP contribution in [0.3, 0.4) is 0 Å². The van der Waals surface area contributed by atoms with Crippen LogP contribution < -0.4 is 5.32 Å². The number of carboxylic acids is 1. The van der Waals surface area contributed by atoms with Crippen molar-refractivity contribution in [1.29, 1.82) is 0 Å². The molecular weight excluding hydrogens is 262 g/mol. The summed E-state index contributed by atoms with van der Waals surface area (Å²) >= 11 is 1.24. The zero-order valence-corrected chi connectivity index (χ0v) is 11.4. The molecule has 0 aliphatic heterocycles. The third kappa shape index (κ3) is 2.82. The summed E-state index contributed by atoms with van der Waals surface area (Å²) in [5, 5.41) is 14.7. The monoisotopic (exact) mass is 275 g/mol. The van der Waals surface area contributed by atoms with Crippen LogP contribution in [0, 0.1) is 13.8 Å². The molecule has 19 heavy (non-hydrogen) atoms. The van der Waals surface area contributed by atoms with E-state index in [9.17, 15) is 9.59 Å². The Morgan fingerprint density at radius 2 is 1.89 bits per heavy atom. The average Bonchev–Trinajstić information content (AvgIpc) is 2.80. The van der Waals surface area contributed by atoms with Crippen molar-refractivity contribution in [3.63, 3.8) is 0 Å². The molecular formula is C14H13NO3S. The van der Waals surface area contributed by atoms with Crippen molar-refractivity contribution in [2.45, 2.75) is 13.8 Å². The summed E-state index contributed by atoms with van der Waals surface area (Å²) in [7, 11) is 0. The number of hydrogen-bond acceptors (Lipinski definition) is 3. The number of aromatic carboxylic acids is 1. The van der Waals surface area contributed by atoms with Gasteiger partial charge in [-0.3, -0.25) is 4.79 Å². The number of thiophene rings is 1. The smallest absolute Gasteiger partial charge is 0.338 e. The van der Waals surface area contributed by atoms with E-state index in [1.165, 1.54) is 16.7 Å². The molecule has 0 aliphatic rings. The minimum absolute atomic E-state index is 0.113. The minimum atomic E-state index is -1.04. The summed E-state index contributed by atoms with van der Waals surface area (Å²) in [6.07, 6.45) is 0. The molecule has 1 aromatic carbocycles. The number of benzene rings is 1. The molecule has 1 amide bonds. The van der Waals surface area contributed by atoms with Gasteiger partial charge in [-0.15, -0.1) is 11.3 Å². The molecule has 4 nitrogen and oxygen atoms in total. The summed E-state index contributed by atoms with van der Waals surface area (Å²) in [5.74, 6) is -1.35. The van der Waals surface area contributed by atoms with Crippen LogP contribution in [0.15, 0.2) is 29.0 Å². The number of amides is 1.